The van der Waals surface area contributed by atoms with E-state index < -0.39 is 0 Å². The molecule has 0 aliphatic carbocycles. The lowest BCUT2D eigenvalue weighted by molar-refractivity contribution is -0.118. The predicted octanol–water partition coefficient (Wildman–Crippen LogP) is 4.24. The summed E-state index contributed by atoms with van der Waals surface area (Å²) in [6, 6.07) is 20.4. The van der Waals surface area contributed by atoms with E-state index in [0.717, 1.165) is 23.5 Å². The van der Waals surface area contributed by atoms with Crippen LogP contribution in [0.1, 0.15) is 17.7 Å². The lowest BCUT2D eigenvalue weighted by Crippen LogP contribution is -2.38. The zero-order valence-electron chi connectivity index (χ0n) is 18.3. The first-order valence-corrected chi connectivity index (χ1v) is 10.8. The molecule has 0 bridgehead atoms. The van der Waals surface area contributed by atoms with E-state index in [1.165, 1.54) is 16.3 Å². The lowest BCUT2D eigenvalue weighted by Gasteiger charge is -2.19. The van der Waals surface area contributed by atoms with Crippen LogP contribution < -0.4 is 15.0 Å². The maximum atomic E-state index is 13.1. The molecule has 1 aliphatic rings. The smallest absolute Gasteiger partial charge is 0.244 e. The SMILES string of the molecule is COc1cc(N2CCC(NCc3ccc4ccccc4c3)C2=O)ccc1-n1cnc(C)c1. The Morgan fingerprint density at radius 1 is 1.09 bits per heavy atom. The Morgan fingerprint density at radius 2 is 1.94 bits per heavy atom. The van der Waals surface area contributed by atoms with E-state index >= 15 is 0 Å². The molecule has 1 amide bonds. The van der Waals surface area contributed by atoms with Gasteiger partial charge in [-0.2, -0.15) is 0 Å². The van der Waals surface area contributed by atoms with Gasteiger partial charge in [0.25, 0.3) is 0 Å². The molecule has 6 nitrogen and oxygen atoms in total. The number of fused-ring (bicyclic) bond motifs is 1. The standard InChI is InChI=1S/C26H26N4O2/c1-18-16-29(17-28-18)24-10-9-22(14-25(24)32-2)30-12-11-23(26(30)31)27-15-19-7-8-20-5-3-4-6-21(20)13-19/h3-10,13-14,16-17,23,27H,11-12,15H2,1-2H3. The quantitative estimate of drug-likeness (QED) is 0.501. The number of hydrogen-bond donors (Lipinski definition) is 1. The van der Waals surface area contributed by atoms with Crippen molar-refractivity contribution in [3.63, 3.8) is 0 Å². The summed E-state index contributed by atoms with van der Waals surface area (Å²) < 4.78 is 7.54. The number of nitrogens with one attached hydrogen (secondary N) is 1. The third kappa shape index (κ3) is 3.85. The third-order valence-electron chi connectivity index (χ3n) is 6.04. The molecule has 6 heteroatoms. The molecule has 3 aromatic carbocycles. The van der Waals surface area contributed by atoms with Crippen LogP contribution in [0.15, 0.2) is 73.2 Å². The Bertz CT molecular complexity index is 1280. The molecule has 0 spiro atoms. The minimum atomic E-state index is -0.191. The number of rotatable bonds is 6. The van der Waals surface area contributed by atoms with Crippen molar-refractivity contribution in [3.8, 4) is 11.4 Å². The Hall–Kier alpha value is -3.64. The van der Waals surface area contributed by atoms with Gasteiger partial charge in [-0.3, -0.25) is 4.79 Å². The van der Waals surface area contributed by atoms with Gasteiger partial charge in [0.2, 0.25) is 5.91 Å². The molecule has 1 atom stereocenters. The summed E-state index contributed by atoms with van der Waals surface area (Å²) in [7, 11) is 1.64. The third-order valence-corrected chi connectivity index (χ3v) is 6.04. The summed E-state index contributed by atoms with van der Waals surface area (Å²) in [5, 5.41) is 5.88. The van der Waals surface area contributed by atoms with Crippen LogP contribution in [0, 0.1) is 6.92 Å². The van der Waals surface area contributed by atoms with Crippen LogP contribution in [0.5, 0.6) is 5.75 Å². The van der Waals surface area contributed by atoms with Gasteiger partial charge in [0.1, 0.15) is 5.75 Å². The number of carbonyl (C=O) groups is 1. The minimum absolute atomic E-state index is 0.0964. The van der Waals surface area contributed by atoms with Crippen molar-refractivity contribution < 1.29 is 9.53 Å². The van der Waals surface area contributed by atoms with E-state index in [1.807, 2.05) is 52.9 Å². The molecule has 1 fully saturated rings. The van der Waals surface area contributed by atoms with Gasteiger partial charge in [-0.15, -0.1) is 0 Å². The largest absolute Gasteiger partial charge is 0.494 e. The van der Waals surface area contributed by atoms with Gasteiger partial charge in [-0.1, -0.05) is 36.4 Å². The molecule has 0 saturated carbocycles. The number of amides is 1. The van der Waals surface area contributed by atoms with E-state index in [9.17, 15) is 4.79 Å². The summed E-state index contributed by atoms with van der Waals surface area (Å²) >= 11 is 0. The second-order valence-corrected chi connectivity index (χ2v) is 8.17. The summed E-state index contributed by atoms with van der Waals surface area (Å²) in [6.07, 6.45) is 4.49. The van der Waals surface area contributed by atoms with Gasteiger partial charge < -0.3 is 19.5 Å². The molecule has 162 valence electrons. The first-order valence-electron chi connectivity index (χ1n) is 10.8. The zero-order valence-corrected chi connectivity index (χ0v) is 18.3. The second kappa shape index (κ2) is 8.48. The van der Waals surface area contributed by atoms with Crippen molar-refractivity contribution in [3.05, 3.63) is 84.4 Å². The molecule has 2 heterocycles. The lowest BCUT2D eigenvalue weighted by atomic mass is 10.1. The second-order valence-electron chi connectivity index (χ2n) is 8.17. The first-order chi connectivity index (χ1) is 15.6. The highest BCUT2D eigenvalue weighted by Gasteiger charge is 2.32. The molecule has 1 N–H and O–H groups in total. The monoisotopic (exact) mass is 426 g/mol. The number of methoxy groups -OCH3 is 1. The Kier molecular flexibility index (Phi) is 5.37. The van der Waals surface area contributed by atoms with Crippen molar-refractivity contribution >= 4 is 22.4 Å². The number of nitrogens with zero attached hydrogens (tertiary/aromatic N) is 3. The Morgan fingerprint density at radius 3 is 2.72 bits per heavy atom. The summed E-state index contributed by atoms with van der Waals surface area (Å²) in [4.78, 5) is 19.2. The fourth-order valence-electron chi connectivity index (χ4n) is 4.32. The van der Waals surface area contributed by atoms with E-state index in [0.29, 0.717) is 18.8 Å². The van der Waals surface area contributed by atoms with Crippen LogP contribution in [0.2, 0.25) is 0 Å². The normalized spacial score (nSPS) is 16.1. The topological polar surface area (TPSA) is 59.4 Å². The van der Waals surface area contributed by atoms with E-state index in [2.05, 4.69) is 40.6 Å². The summed E-state index contributed by atoms with van der Waals surface area (Å²) in [5.74, 6) is 0.805. The summed E-state index contributed by atoms with van der Waals surface area (Å²) in [5.41, 5.74) is 3.86. The minimum Gasteiger partial charge on any atom is -0.494 e. The molecular formula is C26H26N4O2. The van der Waals surface area contributed by atoms with Gasteiger partial charge in [0.05, 0.1) is 30.9 Å². The van der Waals surface area contributed by atoms with E-state index in [-0.39, 0.29) is 11.9 Å². The number of aromatic nitrogens is 2. The predicted molar refractivity (Wildman–Crippen MR) is 126 cm³/mol. The Balaban J connectivity index is 1.29. The van der Waals surface area contributed by atoms with Crippen LogP contribution in [-0.2, 0) is 11.3 Å². The van der Waals surface area contributed by atoms with Crippen molar-refractivity contribution in [2.45, 2.75) is 25.9 Å². The molecule has 5 rings (SSSR count). The fraction of sp³-hybridized carbons (Fsp3) is 0.231. The van der Waals surface area contributed by atoms with Gasteiger partial charge in [0, 0.05) is 31.0 Å². The average molecular weight is 427 g/mol. The zero-order chi connectivity index (χ0) is 22.1. The van der Waals surface area contributed by atoms with Crippen LogP contribution in [0.25, 0.3) is 16.5 Å². The molecule has 0 radical (unpaired) electrons. The number of carbonyl (C=O) groups excluding carboxylic acids is 1. The fourth-order valence-corrected chi connectivity index (χ4v) is 4.32. The van der Waals surface area contributed by atoms with Gasteiger partial charge in [-0.05, 0) is 47.9 Å². The number of ether oxygens (including phenoxy) is 1. The maximum Gasteiger partial charge on any atom is 0.244 e. The number of imidazole rings is 1. The average Bonchev–Trinajstić information content (AvgIpc) is 3.42. The number of benzene rings is 3. The highest BCUT2D eigenvalue weighted by Crippen LogP contribution is 2.31. The van der Waals surface area contributed by atoms with Crippen LogP contribution >= 0.6 is 0 Å². The van der Waals surface area contributed by atoms with Crippen molar-refractivity contribution in [1.29, 1.82) is 0 Å². The van der Waals surface area contributed by atoms with Crippen molar-refractivity contribution in [1.82, 2.24) is 14.9 Å². The summed E-state index contributed by atoms with van der Waals surface area (Å²) in [6.45, 7) is 3.30. The van der Waals surface area contributed by atoms with Crippen molar-refractivity contribution in [2.24, 2.45) is 0 Å². The first kappa shape index (κ1) is 20.3. The van der Waals surface area contributed by atoms with E-state index in [4.69, 9.17) is 4.74 Å². The Labute approximate surface area is 187 Å². The molecule has 4 aromatic rings. The number of aryl methyl sites for hydroxylation is 1. The molecule has 1 aromatic heterocycles. The van der Waals surface area contributed by atoms with Crippen LogP contribution in [0.3, 0.4) is 0 Å². The van der Waals surface area contributed by atoms with Gasteiger partial charge in [-0.25, -0.2) is 4.98 Å². The van der Waals surface area contributed by atoms with Crippen molar-refractivity contribution in [2.75, 3.05) is 18.6 Å². The van der Waals surface area contributed by atoms with Gasteiger partial charge >= 0.3 is 0 Å². The number of hydrogen-bond acceptors (Lipinski definition) is 4. The molecule has 1 saturated heterocycles. The molecule has 1 unspecified atom stereocenters. The molecule has 1 aliphatic heterocycles. The molecular weight excluding hydrogens is 400 g/mol. The highest BCUT2D eigenvalue weighted by molar-refractivity contribution is 5.99. The van der Waals surface area contributed by atoms with E-state index in [1.54, 1.807) is 13.4 Å². The number of anilines is 1. The highest BCUT2D eigenvalue weighted by atomic mass is 16.5. The maximum absolute atomic E-state index is 13.1. The van der Waals surface area contributed by atoms with Gasteiger partial charge in [0.15, 0.2) is 0 Å². The van der Waals surface area contributed by atoms with Crippen LogP contribution in [0.4, 0.5) is 5.69 Å². The molecule has 32 heavy (non-hydrogen) atoms. The van der Waals surface area contributed by atoms with Crippen LogP contribution in [-0.4, -0.2) is 35.2 Å².